The standard InChI is InChI=1S/C16H28N4O/c1-14(2)18-16(3,13-21)12-19-8-10-20(11-9-19)15-6-4-5-7-17-15/h4-7,14,18,21H,8-13H2,1-3H3. The Morgan fingerprint density at radius 2 is 2.00 bits per heavy atom. The van der Waals surface area contributed by atoms with Gasteiger partial charge in [-0.15, -0.1) is 0 Å². The smallest absolute Gasteiger partial charge is 0.128 e. The molecule has 2 heterocycles. The Morgan fingerprint density at radius 3 is 2.52 bits per heavy atom. The van der Waals surface area contributed by atoms with E-state index in [0.717, 1.165) is 38.5 Å². The third-order valence-electron chi connectivity index (χ3n) is 3.90. The molecule has 1 aromatic rings. The van der Waals surface area contributed by atoms with Crippen molar-refractivity contribution >= 4 is 5.82 Å². The molecule has 0 saturated carbocycles. The van der Waals surface area contributed by atoms with Gasteiger partial charge in [-0.3, -0.25) is 4.90 Å². The molecule has 0 spiro atoms. The number of nitrogens with one attached hydrogen (secondary N) is 1. The first kappa shape index (κ1) is 16.2. The average Bonchev–Trinajstić information content (AvgIpc) is 2.48. The second-order valence-corrected chi connectivity index (χ2v) is 6.47. The molecule has 2 rings (SSSR count). The van der Waals surface area contributed by atoms with Crippen LogP contribution >= 0.6 is 0 Å². The molecule has 0 amide bonds. The first-order chi connectivity index (χ1) is 10.0. The summed E-state index contributed by atoms with van der Waals surface area (Å²) in [4.78, 5) is 9.16. The third-order valence-corrected chi connectivity index (χ3v) is 3.90. The molecule has 0 bridgehead atoms. The number of nitrogens with zero attached hydrogens (tertiary/aromatic N) is 3. The van der Waals surface area contributed by atoms with Crippen molar-refractivity contribution in [1.82, 2.24) is 15.2 Å². The Labute approximate surface area is 128 Å². The van der Waals surface area contributed by atoms with Gasteiger partial charge in [0, 0.05) is 45.0 Å². The van der Waals surface area contributed by atoms with Gasteiger partial charge in [0.25, 0.3) is 0 Å². The SMILES string of the molecule is CC(C)NC(C)(CO)CN1CCN(c2ccccn2)CC1. The van der Waals surface area contributed by atoms with Crippen molar-refractivity contribution in [1.29, 1.82) is 0 Å². The van der Waals surface area contributed by atoms with Gasteiger partial charge in [-0.25, -0.2) is 4.98 Å². The minimum absolute atomic E-state index is 0.158. The van der Waals surface area contributed by atoms with Gasteiger partial charge in [-0.2, -0.15) is 0 Å². The van der Waals surface area contributed by atoms with Crippen LogP contribution in [0, 0.1) is 0 Å². The largest absolute Gasteiger partial charge is 0.394 e. The van der Waals surface area contributed by atoms with Crippen LogP contribution in [0.5, 0.6) is 0 Å². The maximum atomic E-state index is 9.69. The number of anilines is 1. The van der Waals surface area contributed by atoms with E-state index in [0.29, 0.717) is 6.04 Å². The number of hydrogen-bond acceptors (Lipinski definition) is 5. The van der Waals surface area contributed by atoms with Crippen LogP contribution in [0.25, 0.3) is 0 Å². The number of hydrogen-bond donors (Lipinski definition) is 2. The van der Waals surface area contributed by atoms with E-state index < -0.39 is 0 Å². The number of pyridine rings is 1. The van der Waals surface area contributed by atoms with E-state index in [9.17, 15) is 5.11 Å². The Kier molecular flexibility index (Phi) is 5.56. The van der Waals surface area contributed by atoms with E-state index in [2.05, 4.69) is 46.9 Å². The van der Waals surface area contributed by atoms with E-state index in [1.165, 1.54) is 0 Å². The Bertz CT molecular complexity index is 418. The second kappa shape index (κ2) is 7.20. The number of rotatable bonds is 6. The number of aromatic nitrogens is 1. The summed E-state index contributed by atoms with van der Waals surface area (Å²) in [6, 6.07) is 6.42. The van der Waals surface area contributed by atoms with Gasteiger partial charge in [0.1, 0.15) is 5.82 Å². The molecule has 1 fully saturated rings. The highest BCUT2D eigenvalue weighted by molar-refractivity contribution is 5.38. The van der Waals surface area contributed by atoms with Gasteiger partial charge >= 0.3 is 0 Å². The van der Waals surface area contributed by atoms with Gasteiger partial charge in [0.2, 0.25) is 0 Å². The fraction of sp³-hybridized carbons (Fsp3) is 0.688. The quantitative estimate of drug-likeness (QED) is 0.818. The maximum absolute atomic E-state index is 9.69. The van der Waals surface area contributed by atoms with Crippen LogP contribution < -0.4 is 10.2 Å². The molecule has 1 unspecified atom stereocenters. The number of aliphatic hydroxyl groups excluding tert-OH is 1. The minimum atomic E-state index is -0.235. The zero-order valence-corrected chi connectivity index (χ0v) is 13.4. The highest BCUT2D eigenvalue weighted by Gasteiger charge is 2.28. The van der Waals surface area contributed by atoms with Crippen molar-refractivity contribution < 1.29 is 5.11 Å². The lowest BCUT2D eigenvalue weighted by Crippen LogP contribution is -2.59. The topological polar surface area (TPSA) is 51.6 Å². The molecule has 1 aliphatic heterocycles. The molecule has 118 valence electrons. The summed E-state index contributed by atoms with van der Waals surface area (Å²) in [5.41, 5.74) is -0.235. The van der Waals surface area contributed by atoms with Crippen LogP contribution in [0.15, 0.2) is 24.4 Å². The molecule has 1 aromatic heterocycles. The summed E-state index contributed by atoms with van der Waals surface area (Å²) in [6.45, 7) is 11.3. The van der Waals surface area contributed by atoms with E-state index in [-0.39, 0.29) is 12.1 Å². The monoisotopic (exact) mass is 292 g/mol. The summed E-state index contributed by atoms with van der Waals surface area (Å²) < 4.78 is 0. The zero-order valence-electron chi connectivity index (χ0n) is 13.4. The fourth-order valence-corrected chi connectivity index (χ4v) is 3.01. The van der Waals surface area contributed by atoms with E-state index >= 15 is 0 Å². The molecule has 0 aromatic carbocycles. The first-order valence-electron chi connectivity index (χ1n) is 7.79. The summed E-state index contributed by atoms with van der Waals surface area (Å²) in [5.74, 6) is 1.06. The summed E-state index contributed by atoms with van der Waals surface area (Å²) >= 11 is 0. The van der Waals surface area contributed by atoms with Gasteiger partial charge in [0.05, 0.1) is 12.1 Å². The highest BCUT2D eigenvalue weighted by Crippen LogP contribution is 2.15. The van der Waals surface area contributed by atoms with Crippen LogP contribution in [0.3, 0.4) is 0 Å². The molecule has 1 aliphatic rings. The lowest BCUT2D eigenvalue weighted by molar-refractivity contribution is 0.110. The Balaban J connectivity index is 1.86. The molecular formula is C16H28N4O. The minimum Gasteiger partial charge on any atom is -0.394 e. The van der Waals surface area contributed by atoms with Gasteiger partial charge in [0.15, 0.2) is 0 Å². The van der Waals surface area contributed by atoms with Crippen LogP contribution in [0.1, 0.15) is 20.8 Å². The summed E-state index contributed by atoms with van der Waals surface area (Å²) in [6.07, 6.45) is 1.84. The van der Waals surface area contributed by atoms with Gasteiger partial charge < -0.3 is 15.3 Å². The zero-order chi connectivity index (χ0) is 15.3. The van der Waals surface area contributed by atoms with E-state index in [4.69, 9.17) is 0 Å². The number of piperazine rings is 1. The normalized spacial score (nSPS) is 19.8. The lowest BCUT2D eigenvalue weighted by Gasteiger charge is -2.41. The van der Waals surface area contributed by atoms with Crippen LogP contribution in [0.4, 0.5) is 5.82 Å². The number of aliphatic hydroxyl groups is 1. The van der Waals surface area contributed by atoms with Crippen molar-refractivity contribution in [2.75, 3.05) is 44.2 Å². The molecule has 0 aliphatic carbocycles. The second-order valence-electron chi connectivity index (χ2n) is 6.47. The third kappa shape index (κ3) is 4.66. The molecule has 2 N–H and O–H groups in total. The molecule has 5 nitrogen and oxygen atoms in total. The molecule has 1 atom stereocenters. The molecule has 0 radical (unpaired) electrons. The van der Waals surface area contributed by atoms with Crippen molar-refractivity contribution in [3.05, 3.63) is 24.4 Å². The average molecular weight is 292 g/mol. The summed E-state index contributed by atoms with van der Waals surface area (Å²) in [7, 11) is 0. The fourth-order valence-electron chi connectivity index (χ4n) is 3.01. The molecule has 1 saturated heterocycles. The maximum Gasteiger partial charge on any atom is 0.128 e. The predicted molar refractivity (Wildman–Crippen MR) is 86.7 cm³/mol. The Hall–Kier alpha value is -1.17. The molecule has 5 heteroatoms. The summed E-state index contributed by atoms with van der Waals surface area (Å²) in [5, 5.41) is 13.2. The highest BCUT2D eigenvalue weighted by atomic mass is 16.3. The molecular weight excluding hydrogens is 264 g/mol. The van der Waals surface area contributed by atoms with Crippen LogP contribution in [0.2, 0.25) is 0 Å². The van der Waals surface area contributed by atoms with Crippen molar-refractivity contribution in [2.24, 2.45) is 0 Å². The van der Waals surface area contributed by atoms with Crippen LogP contribution in [-0.4, -0.2) is 65.9 Å². The Morgan fingerprint density at radius 1 is 1.29 bits per heavy atom. The van der Waals surface area contributed by atoms with Gasteiger partial charge in [-0.05, 0) is 19.1 Å². The van der Waals surface area contributed by atoms with Crippen molar-refractivity contribution in [2.45, 2.75) is 32.4 Å². The van der Waals surface area contributed by atoms with Gasteiger partial charge in [-0.1, -0.05) is 19.9 Å². The van der Waals surface area contributed by atoms with Crippen LogP contribution in [-0.2, 0) is 0 Å². The first-order valence-corrected chi connectivity index (χ1v) is 7.79. The van der Waals surface area contributed by atoms with Crippen molar-refractivity contribution in [3.63, 3.8) is 0 Å². The van der Waals surface area contributed by atoms with Crippen molar-refractivity contribution in [3.8, 4) is 0 Å². The molecule has 21 heavy (non-hydrogen) atoms. The van der Waals surface area contributed by atoms with E-state index in [1.54, 1.807) is 0 Å². The predicted octanol–water partition coefficient (Wildman–Crippen LogP) is 0.953. The lowest BCUT2D eigenvalue weighted by atomic mass is 10.0. The van der Waals surface area contributed by atoms with E-state index in [1.807, 2.05) is 18.3 Å².